The largest absolute Gasteiger partial charge is 0.383 e. The summed E-state index contributed by atoms with van der Waals surface area (Å²) >= 11 is 0. The van der Waals surface area contributed by atoms with E-state index in [1.807, 2.05) is 0 Å². The Morgan fingerprint density at radius 3 is 2.17 bits per heavy atom. The number of benzene rings is 1. The predicted molar refractivity (Wildman–Crippen MR) is 83.4 cm³/mol. The molecule has 23 heavy (non-hydrogen) atoms. The Bertz CT molecular complexity index is 485. The molecule has 0 fully saturated rings. The molecule has 0 aliphatic rings. The normalized spacial score (nSPS) is 10.4. The van der Waals surface area contributed by atoms with E-state index in [4.69, 9.17) is 9.47 Å². The topological polar surface area (TPSA) is 67.9 Å². The van der Waals surface area contributed by atoms with Crippen LogP contribution in [0.5, 0.6) is 0 Å². The van der Waals surface area contributed by atoms with Gasteiger partial charge in [-0.25, -0.2) is 4.39 Å². The van der Waals surface area contributed by atoms with Crippen molar-refractivity contribution in [3.63, 3.8) is 0 Å². The number of nitrogens with zero attached hydrogens (tertiary/aromatic N) is 1. The Hall–Kier alpha value is -1.99. The fourth-order valence-electron chi connectivity index (χ4n) is 1.91. The first-order valence-electron chi connectivity index (χ1n) is 7.38. The maximum atomic E-state index is 12.8. The molecule has 0 atom stereocenters. The number of rotatable bonds is 9. The minimum atomic E-state index is -0.667. The van der Waals surface area contributed by atoms with Crippen molar-refractivity contribution >= 4 is 11.8 Å². The van der Waals surface area contributed by atoms with Crippen LogP contribution in [0, 0.1) is 5.82 Å². The lowest BCUT2D eigenvalue weighted by Crippen LogP contribution is -2.46. The van der Waals surface area contributed by atoms with Crippen molar-refractivity contribution in [3.8, 4) is 0 Å². The highest BCUT2D eigenvalue weighted by molar-refractivity contribution is 6.35. The minimum absolute atomic E-state index is 0.304. The Labute approximate surface area is 135 Å². The zero-order valence-corrected chi connectivity index (χ0v) is 13.5. The standard InChI is InChI=1S/C16H23FN2O4/c1-22-11-9-19(10-12-23-2)16(21)15(20)18-8-7-13-3-5-14(17)6-4-13/h3-6H,7-12H2,1-2H3,(H,18,20). The van der Waals surface area contributed by atoms with Crippen LogP contribution in [0.2, 0.25) is 0 Å². The summed E-state index contributed by atoms with van der Waals surface area (Å²) in [6, 6.07) is 6.01. The van der Waals surface area contributed by atoms with Crippen LogP contribution in [0.1, 0.15) is 5.56 Å². The Balaban J connectivity index is 2.43. The van der Waals surface area contributed by atoms with Gasteiger partial charge in [0.1, 0.15) is 5.82 Å². The fraction of sp³-hybridized carbons (Fsp3) is 0.500. The van der Waals surface area contributed by atoms with Gasteiger partial charge < -0.3 is 19.7 Å². The molecule has 7 heteroatoms. The monoisotopic (exact) mass is 326 g/mol. The predicted octanol–water partition coefficient (Wildman–Crippen LogP) is 0.606. The van der Waals surface area contributed by atoms with Crippen LogP contribution in [-0.2, 0) is 25.5 Å². The van der Waals surface area contributed by atoms with Crippen LogP contribution in [0.3, 0.4) is 0 Å². The first-order valence-corrected chi connectivity index (χ1v) is 7.38. The van der Waals surface area contributed by atoms with Crippen LogP contribution in [0.4, 0.5) is 4.39 Å². The number of methoxy groups -OCH3 is 2. The third-order valence-corrected chi connectivity index (χ3v) is 3.22. The van der Waals surface area contributed by atoms with Gasteiger partial charge in [0.05, 0.1) is 13.2 Å². The summed E-state index contributed by atoms with van der Waals surface area (Å²) in [5, 5.41) is 2.57. The van der Waals surface area contributed by atoms with E-state index in [9.17, 15) is 14.0 Å². The molecular formula is C16H23FN2O4. The molecule has 1 rings (SSSR count). The molecule has 2 amide bonds. The third kappa shape index (κ3) is 7.21. The van der Waals surface area contributed by atoms with Crippen LogP contribution in [0.15, 0.2) is 24.3 Å². The number of hydrogen-bond acceptors (Lipinski definition) is 4. The van der Waals surface area contributed by atoms with Crippen molar-refractivity contribution in [1.82, 2.24) is 10.2 Å². The van der Waals surface area contributed by atoms with E-state index in [1.54, 1.807) is 12.1 Å². The van der Waals surface area contributed by atoms with Crippen molar-refractivity contribution in [1.29, 1.82) is 0 Å². The zero-order valence-electron chi connectivity index (χ0n) is 13.5. The average molecular weight is 326 g/mol. The quantitative estimate of drug-likeness (QED) is 0.675. The lowest BCUT2D eigenvalue weighted by molar-refractivity contribution is -0.146. The molecule has 1 N–H and O–H groups in total. The SMILES string of the molecule is COCCN(CCOC)C(=O)C(=O)NCCc1ccc(F)cc1. The maximum absolute atomic E-state index is 12.8. The van der Waals surface area contributed by atoms with Crippen LogP contribution in [0.25, 0.3) is 0 Å². The van der Waals surface area contributed by atoms with Crippen molar-refractivity contribution < 1.29 is 23.5 Å². The molecule has 0 saturated carbocycles. The number of hydrogen-bond donors (Lipinski definition) is 1. The Morgan fingerprint density at radius 2 is 1.65 bits per heavy atom. The Morgan fingerprint density at radius 1 is 1.09 bits per heavy atom. The van der Waals surface area contributed by atoms with Gasteiger partial charge >= 0.3 is 11.8 Å². The van der Waals surface area contributed by atoms with Gasteiger partial charge in [0, 0.05) is 33.9 Å². The molecule has 128 valence electrons. The second kappa shape index (κ2) is 10.7. The molecule has 0 heterocycles. The molecular weight excluding hydrogens is 303 g/mol. The first kappa shape index (κ1) is 19.1. The van der Waals surface area contributed by atoms with Gasteiger partial charge in [-0.1, -0.05) is 12.1 Å². The highest BCUT2D eigenvalue weighted by atomic mass is 19.1. The highest BCUT2D eigenvalue weighted by Crippen LogP contribution is 2.02. The Kier molecular flexibility index (Phi) is 8.86. The molecule has 0 unspecified atom stereocenters. The second-order valence-electron chi connectivity index (χ2n) is 4.91. The van der Waals surface area contributed by atoms with Crippen molar-refractivity contribution in [3.05, 3.63) is 35.6 Å². The van der Waals surface area contributed by atoms with Gasteiger partial charge in [0.15, 0.2) is 0 Å². The van der Waals surface area contributed by atoms with Gasteiger partial charge in [-0.15, -0.1) is 0 Å². The van der Waals surface area contributed by atoms with E-state index in [0.717, 1.165) is 5.56 Å². The van der Waals surface area contributed by atoms with Gasteiger partial charge in [0.2, 0.25) is 0 Å². The number of ether oxygens (including phenoxy) is 2. The van der Waals surface area contributed by atoms with Gasteiger partial charge in [-0.3, -0.25) is 9.59 Å². The lowest BCUT2D eigenvalue weighted by atomic mass is 10.1. The molecule has 0 aliphatic heterocycles. The van der Waals surface area contributed by atoms with E-state index >= 15 is 0 Å². The summed E-state index contributed by atoms with van der Waals surface area (Å²) in [7, 11) is 3.06. The number of halogens is 1. The first-order chi connectivity index (χ1) is 11.1. The average Bonchev–Trinajstić information content (AvgIpc) is 2.56. The number of carbonyl (C=O) groups excluding carboxylic acids is 2. The molecule has 0 aromatic heterocycles. The van der Waals surface area contributed by atoms with E-state index in [1.165, 1.54) is 31.3 Å². The van der Waals surface area contributed by atoms with Gasteiger partial charge in [-0.2, -0.15) is 0 Å². The van der Waals surface area contributed by atoms with Crippen molar-refractivity contribution in [2.45, 2.75) is 6.42 Å². The fourth-order valence-corrected chi connectivity index (χ4v) is 1.91. The van der Waals surface area contributed by atoms with Gasteiger partial charge in [-0.05, 0) is 24.1 Å². The molecule has 6 nitrogen and oxygen atoms in total. The van der Waals surface area contributed by atoms with Crippen molar-refractivity contribution in [2.24, 2.45) is 0 Å². The molecule has 0 radical (unpaired) electrons. The third-order valence-electron chi connectivity index (χ3n) is 3.22. The molecule has 1 aromatic rings. The molecule has 1 aromatic carbocycles. The number of carbonyl (C=O) groups is 2. The highest BCUT2D eigenvalue weighted by Gasteiger charge is 2.20. The summed E-state index contributed by atoms with van der Waals surface area (Å²) in [5.41, 5.74) is 0.884. The second-order valence-corrected chi connectivity index (χ2v) is 4.91. The summed E-state index contributed by atoms with van der Waals surface area (Å²) in [4.78, 5) is 25.4. The molecule has 0 spiro atoms. The number of nitrogens with one attached hydrogen (secondary N) is 1. The summed E-state index contributed by atoms with van der Waals surface area (Å²) in [6.45, 7) is 1.64. The van der Waals surface area contributed by atoms with Gasteiger partial charge in [0.25, 0.3) is 0 Å². The molecule has 0 bridgehead atoms. The van der Waals surface area contributed by atoms with Crippen LogP contribution in [-0.4, -0.2) is 63.8 Å². The maximum Gasteiger partial charge on any atom is 0.312 e. The van der Waals surface area contributed by atoms with E-state index < -0.39 is 11.8 Å². The van der Waals surface area contributed by atoms with E-state index in [2.05, 4.69) is 5.32 Å². The summed E-state index contributed by atoms with van der Waals surface area (Å²) < 4.78 is 22.7. The van der Waals surface area contributed by atoms with Crippen LogP contribution < -0.4 is 5.32 Å². The summed E-state index contributed by atoms with van der Waals surface area (Å²) in [5.74, 6) is -1.59. The zero-order chi connectivity index (χ0) is 17.1. The number of amides is 2. The molecule has 0 saturated heterocycles. The molecule has 0 aliphatic carbocycles. The smallest absolute Gasteiger partial charge is 0.312 e. The summed E-state index contributed by atoms with van der Waals surface area (Å²) in [6.07, 6.45) is 0.523. The van der Waals surface area contributed by atoms with E-state index in [-0.39, 0.29) is 5.82 Å². The van der Waals surface area contributed by atoms with Crippen LogP contribution >= 0.6 is 0 Å². The van der Waals surface area contributed by atoms with Crippen molar-refractivity contribution in [2.75, 3.05) is 47.1 Å². The van der Waals surface area contributed by atoms with E-state index in [0.29, 0.717) is 39.3 Å². The lowest BCUT2D eigenvalue weighted by Gasteiger charge is -2.21. The minimum Gasteiger partial charge on any atom is -0.383 e.